The Kier molecular flexibility index (Phi) is 4.35. The Labute approximate surface area is 112 Å². The van der Waals surface area contributed by atoms with Crippen molar-refractivity contribution in [3.8, 4) is 5.75 Å². The molecule has 18 heavy (non-hydrogen) atoms. The summed E-state index contributed by atoms with van der Waals surface area (Å²) in [6.45, 7) is 1.05. The van der Waals surface area contributed by atoms with Crippen molar-refractivity contribution in [3.63, 3.8) is 0 Å². The molecule has 1 aromatic carbocycles. The van der Waals surface area contributed by atoms with Crippen molar-refractivity contribution < 1.29 is 4.74 Å². The van der Waals surface area contributed by atoms with Gasteiger partial charge in [0.1, 0.15) is 22.6 Å². The van der Waals surface area contributed by atoms with Gasteiger partial charge in [-0.2, -0.15) is 0 Å². The van der Waals surface area contributed by atoms with Crippen LogP contribution in [0.25, 0.3) is 0 Å². The number of ether oxygens (including phenoxy) is 1. The molecule has 2 aromatic rings. The highest BCUT2D eigenvalue weighted by Crippen LogP contribution is 2.12. The molecule has 0 unspecified atom stereocenters. The Bertz CT molecular complexity index is 557. The van der Waals surface area contributed by atoms with Gasteiger partial charge in [-0.05, 0) is 28.1 Å². The molecule has 5 nitrogen and oxygen atoms in total. The molecule has 0 aliphatic rings. The number of benzene rings is 1. The zero-order chi connectivity index (χ0) is 12.8. The molecule has 0 aliphatic heterocycles. The van der Waals surface area contributed by atoms with Gasteiger partial charge in [-0.1, -0.05) is 18.2 Å². The van der Waals surface area contributed by atoms with E-state index in [1.807, 2.05) is 30.3 Å². The molecule has 6 heteroatoms. The lowest BCUT2D eigenvalue weighted by atomic mass is 10.3. The van der Waals surface area contributed by atoms with E-state index in [9.17, 15) is 4.79 Å². The molecule has 1 aromatic heterocycles. The van der Waals surface area contributed by atoms with Crippen LogP contribution >= 0.6 is 15.9 Å². The monoisotopic (exact) mass is 309 g/mol. The first-order chi connectivity index (χ1) is 8.77. The number of aromatic nitrogens is 2. The third kappa shape index (κ3) is 3.33. The number of hydrogen-bond donors (Lipinski definition) is 2. The molecule has 0 radical (unpaired) electrons. The summed E-state index contributed by atoms with van der Waals surface area (Å²) in [5.41, 5.74) is -0.212. The van der Waals surface area contributed by atoms with Crippen molar-refractivity contribution in [1.29, 1.82) is 0 Å². The van der Waals surface area contributed by atoms with E-state index < -0.39 is 0 Å². The van der Waals surface area contributed by atoms with Crippen LogP contribution in [0.15, 0.2) is 45.9 Å². The van der Waals surface area contributed by atoms with Gasteiger partial charge in [-0.25, -0.2) is 4.98 Å². The van der Waals surface area contributed by atoms with Crippen LogP contribution in [0.4, 0.5) is 5.82 Å². The van der Waals surface area contributed by atoms with Crippen LogP contribution in [0.2, 0.25) is 0 Å². The van der Waals surface area contributed by atoms with E-state index in [0.717, 1.165) is 5.75 Å². The summed E-state index contributed by atoms with van der Waals surface area (Å²) in [4.78, 5) is 17.8. The minimum absolute atomic E-state index is 0.212. The topological polar surface area (TPSA) is 67.0 Å². The summed E-state index contributed by atoms with van der Waals surface area (Å²) in [6.07, 6.45) is 1.35. The van der Waals surface area contributed by atoms with E-state index in [0.29, 0.717) is 23.4 Å². The van der Waals surface area contributed by atoms with Crippen LogP contribution in [0.1, 0.15) is 0 Å². The van der Waals surface area contributed by atoms with E-state index in [1.54, 1.807) is 0 Å². The van der Waals surface area contributed by atoms with Crippen LogP contribution < -0.4 is 15.6 Å². The van der Waals surface area contributed by atoms with Crippen molar-refractivity contribution in [2.75, 3.05) is 18.5 Å². The number of nitrogens with zero attached hydrogens (tertiary/aromatic N) is 1. The first-order valence-electron chi connectivity index (χ1n) is 5.42. The van der Waals surface area contributed by atoms with Crippen molar-refractivity contribution in [2.45, 2.75) is 0 Å². The minimum Gasteiger partial charge on any atom is -0.492 e. The average Bonchev–Trinajstić information content (AvgIpc) is 2.40. The SMILES string of the molecule is O=c1[nH]cnc(NCCOc2ccccc2)c1Br. The van der Waals surface area contributed by atoms with Crippen LogP contribution in [-0.4, -0.2) is 23.1 Å². The Morgan fingerprint density at radius 2 is 2.11 bits per heavy atom. The minimum atomic E-state index is -0.212. The standard InChI is InChI=1S/C12H12BrN3O2/c13-10-11(15-8-16-12(10)17)14-6-7-18-9-4-2-1-3-5-9/h1-5,8H,6-7H2,(H2,14,15,16,17). The molecule has 94 valence electrons. The van der Waals surface area contributed by atoms with Crippen molar-refractivity contribution >= 4 is 21.7 Å². The number of anilines is 1. The first-order valence-corrected chi connectivity index (χ1v) is 6.21. The molecular formula is C12H12BrN3O2. The molecule has 0 atom stereocenters. The van der Waals surface area contributed by atoms with E-state index in [2.05, 4.69) is 31.2 Å². The van der Waals surface area contributed by atoms with Crippen LogP contribution in [0.3, 0.4) is 0 Å². The molecule has 0 saturated carbocycles. The lowest BCUT2D eigenvalue weighted by Gasteiger charge is -2.08. The number of rotatable bonds is 5. The van der Waals surface area contributed by atoms with Crippen molar-refractivity contribution in [1.82, 2.24) is 9.97 Å². The van der Waals surface area contributed by atoms with Gasteiger partial charge in [0.05, 0.1) is 12.9 Å². The molecule has 0 bridgehead atoms. The van der Waals surface area contributed by atoms with Crippen LogP contribution in [-0.2, 0) is 0 Å². The molecule has 1 heterocycles. The number of aromatic amines is 1. The second kappa shape index (κ2) is 6.20. The highest BCUT2D eigenvalue weighted by atomic mass is 79.9. The highest BCUT2D eigenvalue weighted by Gasteiger charge is 2.03. The van der Waals surface area contributed by atoms with Crippen LogP contribution in [0.5, 0.6) is 5.75 Å². The zero-order valence-corrected chi connectivity index (χ0v) is 11.1. The van der Waals surface area contributed by atoms with Gasteiger partial charge >= 0.3 is 0 Å². The molecule has 0 saturated heterocycles. The fourth-order valence-corrected chi connectivity index (χ4v) is 1.72. The second-order valence-corrected chi connectivity index (χ2v) is 4.28. The summed E-state index contributed by atoms with van der Waals surface area (Å²) >= 11 is 3.17. The predicted molar refractivity (Wildman–Crippen MR) is 73.0 cm³/mol. The molecule has 2 N–H and O–H groups in total. The zero-order valence-electron chi connectivity index (χ0n) is 9.52. The Morgan fingerprint density at radius 3 is 2.89 bits per heavy atom. The van der Waals surface area contributed by atoms with E-state index in [4.69, 9.17) is 4.74 Å². The number of halogens is 1. The smallest absolute Gasteiger partial charge is 0.267 e. The fraction of sp³-hybridized carbons (Fsp3) is 0.167. The Morgan fingerprint density at radius 1 is 1.33 bits per heavy atom. The van der Waals surface area contributed by atoms with Gasteiger partial charge in [-0.3, -0.25) is 4.79 Å². The average molecular weight is 310 g/mol. The number of hydrogen-bond acceptors (Lipinski definition) is 4. The largest absolute Gasteiger partial charge is 0.492 e. The molecule has 0 fully saturated rings. The van der Waals surface area contributed by atoms with Gasteiger partial charge in [0, 0.05) is 0 Å². The number of H-pyrrole nitrogens is 1. The molecule has 2 rings (SSSR count). The quantitative estimate of drug-likeness (QED) is 0.829. The summed E-state index contributed by atoms with van der Waals surface area (Å²) in [5, 5.41) is 3.02. The Balaban J connectivity index is 1.82. The van der Waals surface area contributed by atoms with Crippen LogP contribution in [0, 0.1) is 0 Å². The summed E-state index contributed by atoms with van der Waals surface area (Å²) < 4.78 is 5.90. The Hall–Kier alpha value is -1.82. The maximum Gasteiger partial charge on any atom is 0.267 e. The summed E-state index contributed by atoms with van der Waals surface area (Å²) in [6, 6.07) is 9.54. The second-order valence-electron chi connectivity index (χ2n) is 3.48. The molecule has 0 amide bonds. The molecule has 0 aliphatic carbocycles. The van der Waals surface area contributed by atoms with E-state index in [-0.39, 0.29) is 5.56 Å². The maximum absolute atomic E-state index is 11.3. The van der Waals surface area contributed by atoms with Gasteiger partial charge < -0.3 is 15.0 Å². The van der Waals surface area contributed by atoms with E-state index >= 15 is 0 Å². The highest BCUT2D eigenvalue weighted by molar-refractivity contribution is 9.10. The first kappa shape index (κ1) is 12.6. The lowest BCUT2D eigenvalue weighted by molar-refractivity contribution is 0.332. The molecule has 0 spiro atoms. The van der Waals surface area contributed by atoms with Crippen molar-refractivity contribution in [3.05, 3.63) is 51.5 Å². The van der Waals surface area contributed by atoms with E-state index in [1.165, 1.54) is 6.33 Å². The third-order valence-electron chi connectivity index (χ3n) is 2.20. The fourth-order valence-electron chi connectivity index (χ4n) is 1.36. The van der Waals surface area contributed by atoms with Gasteiger partial charge in [0.15, 0.2) is 0 Å². The maximum atomic E-state index is 11.3. The predicted octanol–water partition coefficient (Wildman–Crippen LogP) is 2.02. The van der Waals surface area contributed by atoms with Gasteiger partial charge in [0.25, 0.3) is 5.56 Å². The van der Waals surface area contributed by atoms with Gasteiger partial charge in [-0.15, -0.1) is 0 Å². The lowest BCUT2D eigenvalue weighted by Crippen LogP contribution is -2.16. The summed E-state index contributed by atoms with van der Waals surface area (Å²) in [7, 11) is 0. The molecular weight excluding hydrogens is 298 g/mol. The normalized spacial score (nSPS) is 10.1. The number of para-hydroxylation sites is 1. The summed E-state index contributed by atoms with van der Waals surface area (Å²) in [5.74, 6) is 1.33. The van der Waals surface area contributed by atoms with Gasteiger partial charge in [0.2, 0.25) is 0 Å². The number of nitrogens with one attached hydrogen (secondary N) is 2. The third-order valence-corrected chi connectivity index (χ3v) is 2.94. The van der Waals surface area contributed by atoms with Crippen molar-refractivity contribution in [2.24, 2.45) is 0 Å².